The first-order valence-electron chi connectivity index (χ1n) is 6.75. The molecule has 0 aromatic rings. The number of hydrogen-bond donors (Lipinski definition) is 0. The molecule has 0 aliphatic carbocycles. The molecule has 1 heterocycles. The van der Waals surface area contributed by atoms with Crippen LogP contribution >= 0.6 is 11.6 Å². The van der Waals surface area contributed by atoms with Gasteiger partial charge in [-0.15, -0.1) is 11.6 Å². The molecular weight excluding hydrogens is 264 g/mol. The second-order valence-electron chi connectivity index (χ2n) is 5.94. The van der Waals surface area contributed by atoms with Crippen molar-refractivity contribution in [3.8, 4) is 0 Å². The summed E-state index contributed by atoms with van der Waals surface area (Å²) in [5, 5.41) is 0. The molecule has 0 bridgehead atoms. The molecule has 1 aliphatic heterocycles. The fourth-order valence-corrected chi connectivity index (χ4v) is 2.00. The first-order chi connectivity index (χ1) is 8.81. The van der Waals surface area contributed by atoms with Crippen molar-refractivity contribution in [3.05, 3.63) is 12.2 Å². The number of piperazine rings is 1. The lowest BCUT2D eigenvalue weighted by Gasteiger charge is -2.35. The predicted octanol–water partition coefficient (Wildman–Crippen LogP) is 2.72. The Morgan fingerprint density at radius 1 is 1.26 bits per heavy atom. The smallest absolute Gasteiger partial charge is 0.410 e. The molecule has 0 saturated carbocycles. The predicted molar refractivity (Wildman–Crippen MR) is 78.7 cm³/mol. The first-order valence-corrected chi connectivity index (χ1v) is 7.28. The highest BCUT2D eigenvalue weighted by Gasteiger charge is 2.25. The summed E-state index contributed by atoms with van der Waals surface area (Å²) in [4.78, 5) is 16.0. The van der Waals surface area contributed by atoms with Gasteiger partial charge < -0.3 is 9.64 Å². The SMILES string of the molecule is C=C(CCl)CCN1CCN(C(=O)OC(C)(C)C)CC1. The Balaban J connectivity index is 2.29. The number of carbonyl (C=O) groups excluding carboxylic acids is 1. The summed E-state index contributed by atoms with van der Waals surface area (Å²) in [6.07, 6.45) is 0.716. The number of carbonyl (C=O) groups is 1. The molecule has 1 rings (SSSR count). The van der Waals surface area contributed by atoms with Gasteiger partial charge in [0.05, 0.1) is 0 Å². The third-order valence-corrected chi connectivity index (χ3v) is 3.37. The van der Waals surface area contributed by atoms with Gasteiger partial charge in [-0.05, 0) is 27.2 Å². The molecular formula is C14H25ClN2O2. The van der Waals surface area contributed by atoms with Gasteiger partial charge in [-0.2, -0.15) is 0 Å². The van der Waals surface area contributed by atoms with Crippen molar-refractivity contribution in [2.24, 2.45) is 0 Å². The van der Waals surface area contributed by atoms with Gasteiger partial charge in [-0.25, -0.2) is 4.79 Å². The van der Waals surface area contributed by atoms with Crippen LogP contribution in [-0.4, -0.2) is 60.1 Å². The second-order valence-corrected chi connectivity index (χ2v) is 6.21. The van der Waals surface area contributed by atoms with Crippen LogP contribution in [0.5, 0.6) is 0 Å². The number of amides is 1. The normalized spacial score (nSPS) is 17.4. The highest BCUT2D eigenvalue weighted by atomic mass is 35.5. The molecule has 1 amide bonds. The zero-order chi connectivity index (χ0) is 14.5. The summed E-state index contributed by atoms with van der Waals surface area (Å²) < 4.78 is 5.36. The summed E-state index contributed by atoms with van der Waals surface area (Å²) in [7, 11) is 0. The monoisotopic (exact) mass is 288 g/mol. The van der Waals surface area contributed by atoms with E-state index < -0.39 is 5.60 Å². The van der Waals surface area contributed by atoms with Crippen molar-refractivity contribution < 1.29 is 9.53 Å². The maximum Gasteiger partial charge on any atom is 0.410 e. The minimum Gasteiger partial charge on any atom is -0.444 e. The van der Waals surface area contributed by atoms with Gasteiger partial charge in [-0.3, -0.25) is 4.90 Å². The second kappa shape index (κ2) is 7.15. The minimum absolute atomic E-state index is 0.211. The number of alkyl halides is 1. The summed E-state index contributed by atoms with van der Waals surface area (Å²) in [6, 6.07) is 0. The average Bonchev–Trinajstić information content (AvgIpc) is 2.34. The molecule has 0 atom stereocenters. The molecule has 0 N–H and O–H groups in total. The summed E-state index contributed by atoms with van der Waals surface area (Å²) in [5.41, 5.74) is 0.642. The van der Waals surface area contributed by atoms with E-state index in [1.165, 1.54) is 0 Å². The van der Waals surface area contributed by atoms with Gasteiger partial charge in [0.15, 0.2) is 0 Å². The fourth-order valence-electron chi connectivity index (χ4n) is 1.86. The Morgan fingerprint density at radius 3 is 2.32 bits per heavy atom. The Morgan fingerprint density at radius 2 is 1.84 bits per heavy atom. The minimum atomic E-state index is -0.424. The van der Waals surface area contributed by atoms with Crippen LogP contribution in [-0.2, 0) is 4.74 Å². The zero-order valence-corrected chi connectivity index (χ0v) is 13.0. The average molecular weight is 289 g/mol. The number of nitrogens with zero attached hydrogens (tertiary/aromatic N) is 2. The molecule has 1 saturated heterocycles. The van der Waals surface area contributed by atoms with Crippen molar-refractivity contribution in [2.45, 2.75) is 32.8 Å². The van der Waals surface area contributed by atoms with Crippen molar-refractivity contribution >= 4 is 17.7 Å². The standard InChI is InChI=1S/C14H25ClN2O2/c1-12(11-15)5-6-16-7-9-17(10-8-16)13(18)19-14(2,3)4/h1,5-11H2,2-4H3. The molecule has 4 nitrogen and oxygen atoms in total. The zero-order valence-electron chi connectivity index (χ0n) is 12.2. The molecule has 110 valence electrons. The maximum atomic E-state index is 11.9. The Labute approximate surface area is 121 Å². The Hall–Kier alpha value is -0.740. The molecule has 5 heteroatoms. The van der Waals surface area contributed by atoms with E-state index in [-0.39, 0.29) is 6.09 Å². The van der Waals surface area contributed by atoms with Crippen LogP contribution in [0.15, 0.2) is 12.2 Å². The largest absolute Gasteiger partial charge is 0.444 e. The van der Waals surface area contributed by atoms with Crippen LogP contribution < -0.4 is 0 Å². The van der Waals surface area contributed by atoms with Crippen LogP contribution in [0.1, 0.15) is 27.2 Å². The van der Waals surface area contributed by atoms with Gasteiger partial charge >= 0.3 is 6.09 Å². The highest BCUT2D eigenvalue weighted by Crippen LogP contribution is 2.12. The molecule has 19 heavy (non-hydrogen) atoms. The number of ether oxygens (including phenoxy) is 1. The van der Waals surface area contributed by atoms with Gasteiger partial charge in [0.1, 0.15) is 5.60 Å². The summed E-state index contributed by atoms with van der Waals surface area (Å²) >= 11 is 5.71. The lowest BCUT2D eigenvalue weighted by molar-refractivity contribution is 0.0146. The molecule has 0 aromatic heterocycles. The molecule has 0 radical (unpaired) electrons. The number of halogens is 1. The number of rotatable bonds is 4. The highest BCUT2D eigenvalue weighted by molar-refractivity contribution is 6.19. The molecule has 0 aromatic carbocycles. The van der Waals surface area contributed by atoms with Crippen molar-refractivity contribution in [1.82, 2.24) is 9.80 Å². The number of hydrogen-bond acceptors (Lipinski definition) is 3. The molecule has 1 fully saturated rings. The third kappa shape index (κ3) is 6.30. The third-order valence-electron chi connectivity index (χ3n) is 2.99. The van der Waals surface area contributed by atoms with Crippen LogP contribution in [0, 0.1) is 0 Å². The topological polar surface area (TPSA) is 32.8 Å². The van der Waals surface area contributed by atoms with Gasteiger partial charge in [0.25, 0.3) is 0 Å². The van der Waals surface area contributed by atoms with Gasteiger partial charge in [-0.1, -0.05) is 12.2 Å². The maximum absolute atomic E-state index is 11.9. The van der Waals surface area contributed by atoms with Crippen LogP contribution in [0.25, 0.3) is 0 Å². The van der Waals surface area contributed by atoms with E-state index in [1.54, 1.807) is 4.90 Å². The Bertz CT molecular complexity index is 318. The molecule has 1 aliphatic rings. The van der Waals surface area contributed by atoms with Crippen molar-refractivity contribution in [1.29, 1.82) is 0 Å². The van der Waals surface area contributed by atoms with E-state index in [0.717, 1.165) is 44.7 Å². The van der Waals surface area contributed by atoms with Crippen LogP contribution in [0.4, 0.5) is 4.79 Å². The molecule has 0 spiro atoms. The Kier molecular flexibility index (Phi) is 6.14. The van der Waals surface area contributed by atoms with E-state index in [0.29, 0.717) is 5.88 Å². The van der Waals surface area contributed by atoms with E-state index in [9.17, 15) is 4.79 Å². The lowest BCUT2D eigenvalue weighted by atomic mass is 10.2. The van der Waals surface area contributed by atoms with Gasteiger partial charge in [0.2, 0.25) is 0 Å². The van der Waals surface area contributed by atoms with E-state index in [4.69, 9.17) is 16.3 Å². The van der Waals surface area contributed by atoms with Gasteiger partial charge in [0, 0.05) is 38.6 Å². The quantitative estimate of drug-likeness (QED) is 0.589. The summed E-state index contributed by atoms with van der Waals surface area (Å²) in [5.74, 6) is 0.526. The van der Waals surface area contributed by atoms with Crippen molar-refractivity contribution in [2.75, 3.05) is 38.6 Å². The molecule has 0 unspecified atom stereocenters. The van der Waals surface area contributed by atoms with Crippen LogP contribution in [0.2, 0.25) is 0 Å². The fraction of sp³-hybridized carbons (Fsp3) is 0.786. The van der Waals surface area contributed by atoms with Crippen molar-refractivity contribution in [3.63, 3.8) is 0 Å². The lowest BCUT2D eigenvalue weighted by Crippen LogP contribution is -2.50. The van der Waals surface area contributed by atoms with Crippen LogP contribution in [0.3, 0.4) is 0 Å². The van der Waals surface area contributed by atoms with E-state index >= 15 is 0 Å². The summed E-state index contributed by atoms with van der Waals surface area (Å²) in [6.45, 7) is 13.7. The van der Waals surface area contributed by atoms with E-state index in [2.05, 4.69) is 11.5 Å². The van der Waals surface area contributed by atoms with E-state index in [1.807, 2.05) is 20.8 Å². The first kappa shape index (κ1) is 16.3.